The SMILES string of the molecule is CCCCOC(=O)CN1CCC(c2ccc(NC(C)CCC(=O)NC=O)c(F)c2)CC1. The number of piperidine rings is 1. The molecule has 0 saturated carbocycles. The van der Waals surface area contributed by atoms with Gasteiger partial charge in [-0.2, -0.15) is 0 Å². The molecule has 1 heterocycles. The fraction of sp³-hybridized carbons (Fsp3) is 0.609. The van der Waals surface area contributed by atoms with Gasteiger partial charge in [-0.05, 0) is 69.3 Å². The molecule has 1 aliphatic heterocycles. The number of halogens is 1. The number of ether oxygens (including phenoxy) is 1. The Morgan fingerprint density at radius 2 is 2.06 bits per heavy atom. The van der Waals surface area contributed by atoms with Gasteiger partial charge >= 0.3 is 5.97 Å². The van der Waals surface area contributed by atoms with Gasteiger partial charge in [-0.15, -0.1) is 0 Å². The molecule has 1 fully saturated rings. The molecule has 2 amide bonds. The van der Waals surface area contributed by atoms with Crippen molar-refractivity contribution in [2.75, 3.05) is 31.6 Å². The molecule has 8 heteroatoms. The first-order valence-electron chi connectivity index (χ1n) is 11.1. The smallest absolute Gasteiger partial charge is 0.320 e. The second kappa shape index (κ2) is 13.0. The molecular formula is C23H34FN3O4. The molecule has 172 valence electrons. The predicted octanol–water partition coefficient (Wildman–Crippen LogP) is 3.20. The lowest BCUT2D eigenvalue weighted by atomic mass is 9.89. The number of benzene rings is 1. The van der Waals surface area contributed by atoms with Crippen molar-refractivity contribution in [2.45, 2.75) is 64.3 Å². The van der Waals surface area contributed by atoms with E-state index in [2.05, 4.69) is 22.5 Å². The third-order valence-corrected chi connectivity index (χ3v) is 5.59. The van der Waals surface area contributed by atoms with Gasteiger partial charge in [0.2, 0.25) is 12.3 Å². The van der Waals surface area contributed by atoms with Crippen LogP contribution in [-0.2, 0) is 19.1 Å². The molecule has 1 saturated heterocycles. The van der Waals surface area contributed by atoms with E-state index in [0.29, 0.717) is 31.7 Å². The summed E-state index contributed by atoms with van der Waals surface area (Å²) in [5.41, 5.74) is 1.37. The summed E-state index contributed by atoms with van der Waals surface area (Å²) in [4.78, 5) is 35.6. The number of unbranched alkanes of at least 4 members (excludes halogenated alkanes) is 1. The molecule has 0 aliphatic carbocycles. The third-order valence-electron chi connectivity index (χ3n) is 5.59. The number of carbonyl (C=O) groups excluding carboxylic acids is 3. The monoisotopic (exact) mass is 435 g/mol. The van der Waals surface area contributed by atoms with E-state index in [4.69, 9.17) is 4.74 Å². The largest absolute Gasteiger partial charge is 0.465 e. The van der Waals surface area contributed by atoms with Crippen LogP contribution in [-0.4, -0.2) is 55.5 Å². The van der Waals surface area contributed by atoms with Crippen LogP contribution < -0.4 is 10.6 Å². The quantitative estimate of drug-likeness (QED) is 0.298. The Hall–Kier alpha value is -2.48. The number of nitrogens with zero attached hydrogens (tertiary/aromatic N) is 1. The number of hydrogen-bond donors (Lipinski definition) is 2. The van der Waals surface area contributed by atoms with Crippen LogP contribution in [0.4, 0.5) is 10.1 Å². The lowest BCUT2D eigenvalue weighted by Crippen LogP contribution is -2.37. The van der Waals surface area contributed by atoms with Crippen molar-refractivity contribution >= 4 is 24.0 Å². The second-order valence-electron chi connectivity index (χ2n) is 8.13. The minimum Gasteiger partial charge on any atom is -0.465 e. The number of carbonyl (C=O) groups is 3. The van der Waals surface area contributed by atoms with Crippen LogP contribution >= 0.6 is 0 Å². The molecular weight excluding hydrogens is 401 g/mol. The predicted molar refractivity (Wildman–Crippen MR) is 117 cm³/mol. The van der Waals surface area contributed by atoms with Gasteiger partial charge in [-0.3, -0.25) is 24.6 Å². The lowest BCUT2D eigenvalue weighted by molar-refractivity contribution is -0.145. The van der Waals surface area contributed by atoms with Gasteiger partial charge in [0.05, 0.1) is 18.8 Å². The Labute approximate surface area is 183 Å². The molecule has 0 aromatic heterocycles. The minimum absolute atomic E-state index is 0.113. The summed E-state index contributed by atoms with van der Waals surface area (Å²) in [5, 5.41) is 5.18. The van der Waals surface area contributed by atoms with E-state index in [9.17, 15) is 18.8 Å². The number of rotatable bonds is 12. The molecule has 31 heavy (non-hydrogen) atoms. The number of hydrogen-bond acceptors (Lipinski definition) is 6. The van der Waals surface area contributed by atoms with E-state index in [1.807, 2.05) is 13.0 Å². The maximum absolute atomic E-state index is 14.6. The topological polar surface area (TPSA) is 87.7 Å². The van der Waals surface area contributed by atoms with Crippen molar-refractivity contribution in [3.8, 4) is 0 Å². The molecule has 1 aliphatic rings. The molecule has 0 radical (unpaired) electrons. The van der Waals surface area contributed by atoms with Gasteiger partial charge in [0.25, 0.3) is 0 Å². The van der Waals surface area contributed by atoms with Crippen molar-refractivity contribution in [3.63, 3.8) is 0 Å². The Kier molecular flexibility index (Phi) is 10.4. The van der Waals surface area contributed by atoms with Crippen LogP contribution in [0.1, 0.15) is 63.9 Å². The van der Waals surface area contributed by atoms with Crippen LogP contribution in [0, 0.1) is 5.82 Å². The van der Waals surface area contributed by atoms with E-state index < -0.39 is 0 Å². The molecule has 2 rings (SSSR count). The van der Waals surface area contributed by atoms with Gasteiger partial charge in [0.15, 0.2) is 0 Å². The Balaban J connectivity index is 1.79. The van der Waals surface area contributed by atoms with E-state index in [0.717, 1.165) is 44.3 Å². The van der Waals surface area contributed by atoms with Gasteiger partial charge in [-0.1, -0.05) is 19.4 Å². The van der Waals surface area contributed by atoms with E-state index in [1.54, 1.807) is 12.1 Å². The Bertz CT molecular complexity index is 736. The van der Waals surface area contributed by atoms with Crippen molar-refractivity contribution in [3.05, 3.63) is 29.6 Å². The number of esters is 1. The van der Waals surface area contributed by atoms with E-state index in [1.165, 1.54) is 0 Å². The number of nitrogens with one attached hydrogen (secondary N) is 2. The highest BCUT2D eigenvalue weighted by molar-refractivity contribution is 5.85. The lowest BCUT2D eigenvalue weighted by Gasteiger charge is -2.31. The fourth-order valence-corrected chi connectivity index (χ4v) is 3.71. The van der Waals surface area contributed by atoms with Crippen LogP contribution in [0.25, 0.3) is 0 Å². The van der Waals surface area contributed by atoms with Crippen LogP contribution in [0.2, 0.25) is 0 Å². The standard InChI is InChI=1S/C23H34FN3O4/c1-3-4-13-31-23(30)15-27-11-9-18(10-12-27)19-6-7-21(20(24)14-19)26-17(2)5-8-22(29)25-16-28/h6-7,14,16-18,26H,3-5,8-13,15H2,1-2H3,(H,25,28,29). The zero-order valence-corrected chi connectivity index (χ0v) is 18.5. The molecule has 0 bridgehead atoms. The highest BCUT2D eigenvalue weighted by Crippen LogP contribution is 2.30. The molecule has 2 N–H and O–H groups in total. The van der Waals surface area contributed by atoms with Crippen LogP contribution in [0.5, 0.6) is 0 Å². The molecule has 1 atom stereocenters. The summed E-state index contributed by atoms with van der Waals surface area (Å²) < 4.78 is 19.8. The van der Waals surface area contributed by atoms with Crippen molar-refractivity contribution < 1.29 is 23.5 Å². The molecule has 1 aromatic carbocycles. The summed E-state index contributed by atoms with van der Waals surface area (Å²) in [7, 11) is 0. The van der Waals surface area contributed by atoms with Crippen molar-refractivity contribution in [2.24, 2.45) is 0 Å². The van der Waals surface area contributed by atoms with Gasteiger partial charge in [0, 0.05) is 12.5 Å². The maximum atomic E-state index is 14.6. The zero-order chi connectivity index (χ0) is 22.6. The first-order valence-corrected chi connectivity index (χ1v) is 11.1. The number of amides is 2. The fourth-order valence-electron chi connectivity index (χ4n) is 3.71. The molecule has 1 unspecified atom stereocenters. The van der Waals surface area contributed by atoms with Crippen LogP contribution in [0.3, 0.4) is 0 Å². The maximum Gasteiger partial charge on any atom is 0.320 e. The number of likely N-dealkylation sites (tertiary alicyclic amines) is 1. The zero-order valence-electron chi connectivity index (χ0n) is 18.5. The molecule has 0 spiro atoms. The van der Waals surface area contributed by atoms with Crippen molar-refractivity contribution in [1.82, 2.24) is 10.2 Å². The molecule has 1 aromatic rings. The summed E-state index contributed by atoms with van der Waals surface area (Å²) in [5.74, 6) is -0.574. The number of imide groups is 1. The van der Waals surface area contributed by atoms with E-state index >= 15 is 0 Å². The average Bonchev–Trinajstić information content (AvgIpc) is 2.75. The van der Waals surface area contributed by atoms with Gasteiger partial charge in [-0.25, -0.2) is 4.39 Å². The first kappa shape index (κ1) is 24.8. The van der Waals surface area contributed by atoms with Gasteiger partial charge < -0.3 is 10.1 Å². The second-order valence-corrected chi connectivity index (χ2v) is 8.13. The normalized spacial score (nSPS) is 15.8. The van der Waals surface area contributed by atoms with E-state index in [-0.39, 0.29) is 36.1 Å². The first-order chi connectivity index (χ1) is 14.9. The van der Waals surface area contributed by atoms with Gasteiger partial charge in [0.1, 0.15) is 5.82 Å². The minimum atomic E-state index is -0.347. The summed E-state index contributed by atoms with van der Waals surface area (Å²) in [6.07, 6.45) is 4.67. The number of anilines is 1. The van der Waals surface area contributed by atoms with Crippen LogP contribution in [0.15, 0.2) is 18.2 Å². The van der Waals surface area contributed by atoms with Crippen molar-refractivity contribution in [1.29, 1.82) is 0 Å². The summed E-state index contributed by atoms with van der Waals surface area (Å²) in [6, 6.07) is 5.15. The Morgan fingerprint density at radius 1 is 1.32 bits per heavy atom. The highest BCUT2D eigenvalue weighted by Gasteiger charge is 2.23. The molecule has 7 nitrogen and oxygen atoms in total. The third kappa shape index (κ3) is 8.65. The summed E-state index contributed by atoms with van der Waals surface area (Å²) >= 11 is 0. The Morgan fingerprint density at radius 3 is 2.71 bits per heavy atom. The average molecular weight is 436 g/mol. The summed E-state index contributed by atoms with van der Waals surface area (Å²) in [6.45, 7) is 6.30. The highest BCUT2D eigenvalue weighted by atomic mass is 19.1.